The molecule has 2 aromatic carbocycles. The highest BCUT2D eigenvalue weighted by atomic mass is 32.2. The summed E-state index contributed by atoms with van der Waals surface area (Å²) in [5.74, 6) is 0. The van der Waals surface area contributed by atoms with Crippen LogP contribution in [0.15, 0.2) is 92.9 Å². The van der Waals surface area contributed by atoms with Crippen molar-refractivity contribution in [3.05, 3.63) is 78.8 Å². The maximum atomic E-state index is 13.3. The standard InChI is InChI=1S/C20H17N3O4S2/c1-14-7-9-16(10-8-14)28(24,25)18-12-21-13-19(18)29(26,27)20-17(11-22-23-20)15-5-3-2-4-6-15/h2-13,21H,1H3,(H,22,23). The minimum atomic E-state index is -4.19. The molecule has 4 aromatic rings. The molecule has 0 saturated carbocycles. The van der Waals surface area contributed by atoms with Crippen molar-refractivity contribution < 1.29 is 16.8 Å². The van der Waals surface area contributed by atoms with Crippen molar-refractivity contribution in [3.63, 3.8) is 0 Å². The number of aromatic amines is 2. The van der Waals surface area contributed by atoms with Crippen LogP contribution >= 0.6 is 0 Å². The van der Waals surface area contributed by atoms with Gasteiger partial charge in [0.1, 0.15) is 9.79 Å². The first-order chi connectivity index (χ1) is 13.8. The van der Waals surface area contributed by atoms with E-state index in [1.165, 1.54) is 30.7 Å². The van der Waals surface area contributed by atoms with Gasteiger partial charge in [0.2, 0.25) is 19.7 Å². The van der Waals surface area contributed by atoms with Crippen LogP contribution in [0, 0.1) is 6.92 Å². The molecule has 2 heterocycles. The highest BCUT2D eigenvalue weighted by Crippen LogP contribution is 2.34. The second-order valence-corrected chi connectivity index (χ2v) is 10.3. The molecule has 29 heavy (non-hydrogen) atoms. The average molecular weight is 428 g/mol. The van der Waals surface area contributed by atoms with E-state index in [0.717, 1.165) is 5.56 Å². The van der Waals surface area contributed by atoms with Crippen LogP contribution in [-0.2, 0) is 19.7 Å². The molecule has 2 N–H and O–H groups in total. The van der Waals surface area contributed by atoms with Crippen molar-refractivity contribution in [2.75, 3.05) is 0 Å². The second-order valence-electron chi connectivity index (χ2n) is 6.48. The van der Waals surface area contributed by atoms with Gasteiger partial charge >= 0.3 is 0 Å². The number of nitrogens with one attached hydrogen (secondary N) is 2. The summed E-state index contributed by atoms with van der Waals surface area (Å²) in [6, 6.07) is 15.1. The Hall–Kier alpha value is -3.17. The summed E-state index contributed by atoms with van der Waals surface area (Å²) in [5, 5.41) is 6.22. The van der Waals surface area contributed by atoms with E-state index < -0.39 is 19.7 Å². The van der Waals surface area contributed by atoms with Gasteiger partial charge in [-0.3, -0.25) is 5.10 Å². The Balaban J connectivity index is 1.86. The quantitative estimate of drug-likeness (QED) is 0.507. The molecule has 4 rings (SSSR count). The minimum absolute atomic E-state index is 0.0204. The lowest BCUT2D eigenvalue weighted by atomic mass is 10.1. The summed E-state index contributed by atoms with van der Waals surface area (Å²) in [7, 11) is -8.23. The third kappa shape index (κ3) is 3.28. The van der Waals surface area contributed by atoms with Crippen molar-refractivity contribution >= 4 is 19.7 Å². The molecule has 0 atom stereocenters. The molecule has 0 aliphatic heterocycles. The molecular formula is C20H17N3O4S2. The predicted octanol–water partition coefficient (Wildman–Crippen LogP) is 3.38. The monoisotopic (exact) mass is 427 g/mol. The fraction of sp³-hybridized carbons (Fsp3) is 0.0500. The van der Waals surface area contributed by atoms with Crippen LogP contribution in [0.4, 0.5) is 0 Å². The lowest BCUT2D eigenvalue weighted by molar-refractivity contribution is 0.581. The molecule has 7 nitrogen and oxygen atoms in total. The highest BCUT2D eigenvalue weighted by Gasteiger charge is 2.33. The first kappa shape index (κ1) is 19.2. The van der Waals surface area contributed by atoms with Gasteiger partial charge in [0.25, 0.3) is 0 Å². The zero-order chi connectivity index (χ0) is 20.6. The van der Waals surface area contributed by atoms with Gasteiger partial charge in [0, 0.05) is 18.0 Å². The highest BCUT2D eigenvalue weighted by molar-refractivity contribution is 7.94. The van der Waals surface area contributed by atoms with E-state index in [9.17, 15) is 16.8 Å². The van der Waals surface area contributed by atoms with Gasteiger partial charge in [0.15, 0.2) is 5.03 Å². The van der Waals surface area contributed by atoms with Crippen LogP contribution in [0.1, 0.15) is 5.56 Å². The van der Waals surface area contributed by atoms with E-state index >= 15 is 0 Å². The third-order valence-corrected chi connectivity index (χ3v) is 8.24. The van der Waals surface area contributed by atoms with E-state index in [1.54, 1.807) is 36.4 Å². The molecule has 0 unspecified atom stereocenters. The van der Waals surface area contributed by atoms with E-state index in [-0.39, 0.29) is 19.7 Å². The molecule has 0 amide bonds. The Morgan fingerprint density at radius 2 is 1.41 bits per heavy atom. The molecule has 0 fully saturated rings. The van der Waals surface area contributed by atoms with Crippen LogP contribution in [0.2, 0.25) is 0 Å². The van der Waals surface area contributed by atoms with Crippen LogP contribution in [0.3, 0.4) is 0 Å². The molecule has 2 aromatic heterocycles. The number of rotatable bonds is 5. The van der Waals surface area contributed by atoms with Gasteiger partial charge in [0.05, 0.1) is 11.1 Å². The van der Waals surface area contributed by atoms with E-state index in [4.69, 9.17) is 0 Å². The van der Waals surface area contributed by atoms with Crippen LogP contribution in [0.5, 0.6) is 0 Å². The predicted molar refractivity (Wildman–Crippen MR) is 107 cm³/mol. The van der Waals surface area contributed by atoms with Crippen molar-refractivity contribution in [2.45, 2.75) is 26.6 Å². The summed E-state index contributed by atoms with van der Waals surface area (Å²) in [6.45, 7) is 1.84. The fourth-order valence-electron chi connectivity index (χ4n) is 3.01. The Bertz CT molecular complexity index is 1370. The summed E-state index contributed by atoms with van der Waals surface area (Å²) in [6.07, 6.45) is 3.76. The number of nitrogens with zero attached hydrogens (tertiary/aromatic N) is 1. The average Bonchev–Trinajstić information content (AvgIpc) is 3.40. The molecule has 0 aliphatic carbocycles. The normalized spacial score (nSPS) is 12.2. The van der Waals surface area contributed by atoms with Gasteiger partial charge in [-0.25, -0.2) is 16.8 Å². The van der Waals surface area contributed by atoms with Gasteiger partial charge in [-0.2, -0.15) is 5.10 Å². The number of aromatic nitrogens is 3. The molecule has 9 heteroatoms. The Morgan fingerprint density at radius 3 is 2.07 bits per heavy atom. The Morgan fingerprint density at radius 1 is 0.793 bits per heavy atom. The molecule has 0 aliphatic rings. The van der Waals surface area contributed by atoms with Crippen LogP contribution in [-0.4, -0.2) is 32.0 Å². The minimum Gasteiger partial charge on any atom is -0.365 e. The molecule has 0 bridgehead atoms. The summed E-state index contributed by atoms with van der Waals surface area (Å²) < 4.78 is 52.9. The SMILES string of the molecule is Cc1ccc(S(=O)(=O)c2c[nH]cc2S(=O)(=O)c2[nH]ncc2-c2ccccc2)cc1. The summed E-state index contributed by atoms with van der Waals surface area (Å²) in [5.41, 5.74) is 1.92. The van der Waals surface area contributed by atoms with Gasteiger partial charge in [-0.1, -0.05) is 48.0 Å². The zero-order valence-corrected chi connectivity index (χ0v) is 17.0. The molecule has 0 saturated heterocycles. The maximum Gasteiger partial charge on any atom is 0.226 e. The fourth-order valence-corrected chi connectivity index (χ4v) is 6.37. The molecule has 0 radical (unpaired) electrons. The first-order valence-electron chi connectivity index (χ1n) is 8.64. The number of hydrogen-bond acceptors (Lipinski definition) is 5. The van der Waals surface area contributed by atoms with Gasteiger partial charge in [-0.15, -0.1) is 0 Å². The number of benzene rings is 2. The topological polar surface area (TPSA) is 113 Å². The molecule has 0 spiro atoms. The van der Waals surface area contributed by atoms with E-state index in [0.29, 0.717) is 11.1 Å². The van der Waals surface area contributed by atoms with Crippen molar-refractivity contribution in [3.8, 4) is 11.1 Å². The van der Waals surface area contributed by atoms with E-state index in [2.05, 4.69) is 15.2 Å². The lowest BCUT2D eigenvalue weighted by Gasteiger charge is -2.08. The van der Waals surface area contributed by atoms with E-state index in [1.807, 2.05) is 13.0 Å². The Labute approximate surface area is 168 Å². The largest absolute Gasteiger partial charge is 0.365 e. The smallest absolute Gasteiger partial charge is 0.226 e. The number of aryl methyl sites for hydroxylation is 1. The Kier molecular flexibility index (Phi) is 4.64. The van der Waals surface area contributed by atoms with Gasteiger partial charge < -0.3 is 4.98 Å². The molecular weight excluding hydrogens is 410 g/mol. The van der Waals surface area contributed by atoms with Gasteiger partial charge in [-0.05, 0) is 24.6 Å². The van der Waals surface area contributed by atoms with Crippen molar-refractivity contribution in [1.29, 1.82) is 0 Å². The lowest BCUT2D eigenvalue weighted by Crippen LogP contribution is -2.10. The number of sulfone groups is 2. The van der Waals surface area contributed by atoms with Crippen molar-refractivity contribution in [1.82, 2.24) is 15.2 Å². The summed E-state index contributed by atoms with van der Waals surface area (Å²) >= 11 is 0. The summed E-state index contributed by atoms with van der Waals surface area (Å²) in [4.78, 5) is 2.00. The number of hydrogen-bond donors (Lipinski definition) is 2. The van der Waals surface area contributed by atoms with Crippen LogP contribution in [0.25, 0.3) is 11.1 Å². The van der Waals surface area contributed by atoms with Crippen molar-refractivity contribution in [2.24, 2.45) is 0 Å². The van der Waals surface area contributed by atoms with Crippen LogP contribution < -0.4 is 0 Å². The second kappa shape index (κ2) is 7.02. The third-order valence-electron chi connectivity index (χ3n) is 4.54. The molecule has 148 valence electrons. The maximum absolute atomic E-state index is 13.3. The number of H-pyrrole nitrogens is 2. The zero-order valence-electron chi connectivity index (χ0n) is 15.3. The first-order valence-corrected chi connectivity index (χ1v) is 11.6.